The number of ketones is 1. The van der Waals surface area contributed by atoms with Crippen LogP contribution in [-0.4, -0.2) is 41.2 Å². The molecular weight excluding hydrogens is 222 g/mol. The average Bonchev–Trinajstić information content (AvgIpc) is 2.82. The molecule has 2 aliphatic rings. The molecule has 2 unspecified atom stereocenters. The fourth-order valence-corrected chi connectivity index (χ4v) is 3.66. The summed E-state index contributed by atoms with van der Waals surface area (Å²) in [5.74, 6) is 3.02. The number of Topliss-reactive ketones (excluding diaryl/α,β-unsaturated/α-hetero) is 1. The minimum absolute atomic E-state index is 0.0896. The van der Waals surface area contributed by atoms with Crippen molar-refractivity contribution in [3.63, 3.8) is 0 Å². The molecule has 3 nitrogen and oxygen atoms in total. The van der Waals surface area contributed by atoms with E-state index in [1.165, 1.54) is 0 Å². The zero-order chi connectivity index (χ0) is 11.5. The van der Waals surface area contributed by atoms with E-state index in [0.29, 0.717) is 25.3 Å². The lowest BCUT2D eigenvalue weighted by Gasteiger charge is -2.33. The number of rotatable bonds is 2. The van der Waals surface area contributed by atoms with Gasteiger partial charge >= 0.3 is 0 Å². The number of likely N-dealkylation sites (tertiary alicyclic amines) is 1. The summed E-state index contributed by atoms with van der Waals surface area (Å²) < 4.78 is 0. The molecule has 0 radical (unpaired) electrons. The standard InChI is InChI=1S/C12H19NO2S/c1-2-9-7-13(5-3-11(9)14)12(15)10-4-6-16-8-10/h9-10H,2-8H2,1H3. The van der Waals surface area contributed by atoms with Gasteiger partial charge in [0.2, 0.25) is 5.91 Å². The van der Waals surface area contributed by atoms with Crippen molar-refractivity contribution in [2.75, 3.05) is 24.6 Å². The number of carbonyl (C=O) groups is 2. The molecule has 0 bridgehead atoms. The maximum Gasteiger partial charge on any atom is 0.226 e. The molecule has 0 aliphatic carbocycles. The minimum Gasteiger partial charge on any atom is -0.341 e. The van der Waals surface area contributed by atoms with Crippen LogP contribution >= 0.6 is 11.8 Å². The number of hydrogen-bond acceptors (Lipinski definition) is 3. The van der Waals surface area contributed by atoms with E-state index in [1.54, 1.807) is 0 Å². The third-order valence-corrected chi connectivity index (χ3v) is 4.77. The number of hydrogen-bond donors (Lipinski definition) is 0. The Morgan fingerprint density at radius 1 is 1.56 bits per heavy atom. The third-order valence-electron chi connectivity index (χ3n) is 3.61. The van der Waals surface area contributed by atoms with E-state index >= 15 is 0 Å². The fraction of sp³-hybridized carbons (Fsp3) is 0.833. The lowest BCUT2D eigenvalue weighted by molar-refractivity contribution is -0.140. The lowest BCUT2D eigenvalue weighted by atomic mass is 9.93. The molecule has 0 N–H and O–H groups in total. The first-order valence-electron chi connectivity index (χ1n) is 6.11. The highest BCUT2D eigenvalue weighted by Crippen LogP contribution is 2.27. The number of thioether (sulfide) groups is 1. The van der Waals surface area contributed by atoms with Gasteiger partial charge in [-0.3, -0.25) is 9.59 Å². The molecule has 16 heavy (non-hydrogen) atoms. The quantitative estimate of drug-likeness (QED) is 0.736. The summed E-state index contributed by atoms with van der Waals surface area (Å²) in [5.41, 5.74) is 0. The van der Waals surface area contributed by atoms with Gasteiger partial charge < -0.3 is 4.90 Å². The zero-order valence-corrected chi connectivity index (χ0v) is 10.6. The monoisotopic (exact) mass is 241 g/mol. The summed E-state index contributed by atoms with van der Waals surface area (Å²) in [4.78, 5) is 25.7. The molecular formula is C12H19NO2S. The van der Waals surface area contributed by atoms with Crippen molar-refractivity contribution in [3.8, 4) is 0 Å². The Morgan fingerprint density at radius 2 is 2.38 bits per heavy atom. The summed E-state index contributed by atoms with van der Waals surface area (Å²) in [6, 6.07) is 0. The fourth-order valence-electron chi connectivity index (χ4n) is 2.45. The van der Waals surface area contributed by atoms with Crippen molar-refractivity contribution < 1.29 is 9.59 Å². The highest BCUT2D eigenvalue weighted by atomic mass is 32.2. The number of piperidine rings is 1. The van der Waals surface area contributed by atoms with Gasteiger partial charge in [0.1, 0.15) is 5.78 Å². The number of carbonyl (C=O) groups excluding carboxylic acids is 2. The Labute approximate surface area is 101 Å². The summed E-state index contributed by atoms with van der Waals surface area (Å²) >= 11 is 1.87. The zero-order valence-electron chi connectivity index (χ0n) is 9.78. The van der Waals surface area contributed by atoms with Crippen LogP contribution in [0.25, 0.3) is 0 Å². The van der Waals surface area contributed by atoms with Crippen LogP contribution in [0.3, 0.4) is 0 Å². The van der Waals surface area contributed by atoms with E-state index in [-0.39, 0.29) is 17.7 Å². The second-order valence-electron chi connectivity index (χ2n) is 4.67. The van der Waals surface area contributed by atoms with Crippen molar-refractivity contribution in [3.05, 3.63) is 0 Å². The molecule has 1 amide bonds. The molecule has 0 aromatic heterocycles. The predicted molar refractivity (Wildman–Crippen MR) is 65.4 cm³/mol. The van der Waals surface area contributed by atoms with Crippen molar-refractivity contribution in [2.45, 2.75) is 26.2 Å². The highest BCUT2D eigenvalue weighted by molar-refractivity contribution is 7.99. The van der Waals surface area contributed by atoms with Crippen LogP contribution in [0.2, 0.25) is 0 Å². The number of nitrogens with zero attached hydrogens (tertiary/aromatic N) is 1. The van der Waals surface area contributed by atoms with Gasteiger partial charge in [-0.2, -0.15) is 11.8 Å². The van der Waals surface area contributed by atoms with Gasteiger partial charge in [-0.25, -0.2) is 0 Å². The smallest absolute Gasteiger partial charge is 0.226 e. The van der Waals surface area contributed by atoms with Gasteiger partial charge in [0.15, 0.2) is 0 Å². The van der Waals surface area contributed by atoms with Crippen LogP contribution in [0.4, 0.5) is 0 Å². The molecule has 2 atom stereocenters. The normalized spacial score (nSPS) is 30.8. The molecule has 2 saturated heterocycles. The molecule has 2 heterocycles. The summed E-state index contributed by atoms with van der Waals surface area (Å²) in [6.45, 7) is 3.34. The lowest BCUT2D eigenvalue weighted by Crippen LogP contribution is -2.46. The SMILES string of the molecule is CCC1CN(C(=O)C2CCSC2)CCC1=O. The van der Waals surface area contributed by atoms with E-state index < -0.39 is 0 Å². The maximum atomic E-state index is 12.2. The second kappa shape index (κ2) is 5.21. The minimum atomic E-state index is 0.0896. The summed E-state index contributed by atoms with van der Waals surface area (Å²) in [6.07, 6.45) is 2.44. The largest absolute Gasteiger partial charge is 0.341 e. The van der Waals surface area contributed by atoms with Gasteiger partial charge in [-0.15, -0.1) is 0 Å². The van der Waals surface area contributed by atoms with E-state index in [1.807, 2.05) is 23.6 Å². The first kappa shape index (κ1) is 12.0. The Bertz CT molecular complexity index is 287. The van der Waals surface area contributed by atoms with E-state index in [2.05, 4.69) is 0 Å². The molecule has 0 saturated carbocycles. The maximum absolute atomic E-state index is 12.2. The van der Waals surface area contributed by atoms with Gasteiger partial charge in [-0.1, -0.05) is 6.92 Å². The van der Waals surface area contributed by atoms with Crippen LogP contribution in [0.1, 0.15) is 26.2 Å². The van der Waals surface area contributed by atoms with E-state index in [4.69, 9.17) is 0 Å². The molecule has 2 aliphatic heterocycles. The van der Waals surface area contributed by atoms with Crippen LogP contribution in [0, 0.1) is 11.8 Å². The Kier molecular flexibility index (Phi) is 3.90. The van der Waals surface area contributed by atoms with Gasteiger partial charge in [-0.05, 0) is 18.6 Å². The van der Waals surface area contributed by atoms with Crippen LogP contribution in [0.5, 0.6) is 0 Å². The Balaban J connectivity index is 1.94. The van der Waals surface area contributed by atoms with Gasteiger partial charge in [0.05, 0.1) is 0 Å². The first-order chi connectivity index (χ1) is 7.72. The summed E-state index contributed by atoms with van der Waals surface area (Å²) in [5, 5.41) is 0. The van der Waals surface area contributed by atoms with Crippen molar-refractivity contribution in [1.82, 2.24) is 4.90 Å². The third kappa shape index (κ3) is 2.42. The van der Waals surface area contributed by atoms with Gasteiger partial charge in [0, 0.05) is 37.1 Å². The second-order valence-corrected chi connectivity index (χ2v) is 5.82. The van der Waals surface area contributed by atoms with Crippen LogP contribution in [-0.2, 0) is 9.59 Å². The number of amides is 1. The highest BCUT2D eigenvalue weighted by Gasteiger charge is 2.33. The summed E-state index contributed by atoms with van der Waals surface area (Å²) in [7, 11) is 0. The Morgan fingerprint density at radius 3 is 3.00 bits per heavy atom. The molecule has 2 rings (SSSR count). The first-order valence-corrected chi connectivity index (χ1v) is 7.27. The molecule has 0 aromatic carbocycles. The molecule has 0 spiro atoms. The van der Waals surface area contributed by atoms with E-state index in [0.717, 1.165) is 24.3 Å². The van der Waals surface area contributed by atoms with E-state index in [9.17, 15) is 9.59 Å². The Hall–Kier alpha value is -0.510. The van der Waals surface area contributed by atoms with Crippen molar-refractivity contribution in [2.24, 2.45) is 11.8 Å². The van der Waals surface area contributed by atoms with Gasteiger partial charge in [0.25, 0.3) is 0 Å². The van der Waals surface area contributed by atoms with Crippen LogP contribution in [0.15, 0.2) is 0 Å². The molecule has 2 fully saturated rings. The van der Waals surface area contributed by atoms with Crippen molar-refractivity contribution in [1.29, 1.82) is 0 Å². The predicted octanol–water partition coefficient (Wildman–Crippen LogP) is 1.57. The molecule has 4 heteroatoms. The van der Waals surface area contributed by atoms with Crippen molar-refractivity contribution >= 4 is 23.5 Å². The molecule has 0 aromatic rings. The topological polar surface area (TPSA) is 37.4 Å². The molecule has 90 valence electrons. The average molecular weight is 241 g/mol. The van der Waals surface area contributed by atoms with Crippen LogP contribution < -0.4 is 0 Å².